The van der Waals surface area contributed by atoms with Gasteiger partial charge in [-0.15, -0.1) is 0 Å². The molecule has 5 nitrogen and oxygen atoms in total. The minimum absolute atomic E-state index is 0.114. The van der Waals surface area contributed by atoms with Gasteiger partial charge in [0, 0.05) is 23.7 Å². The first-order chi connectivity index (χ1) is 16.6. The average Bonchev–Trinajstić information content (AvgIpc) is 3.38. The zero-order chi connectivity index (χ0) is 24.6. The lowest BCUT2D eigenvalue weighted by Gasteiger charge is -2.64. The Bertz CT molecular complexity index is 1090. The second-order valence-electron chi connectivity index (χ2n) is 13.5. The van der Waals surface area contributed by atoms with Gasteiger partial charge < -0.3 is 5.11 Å². The molecule has 0 aliphatic heterocycles. The van der Waals surface area contributed by atoms with Crippen LogP contribution < -0.4 is 0 Å². The maximum Gasteiger partial charge on any atom is 0.157 e. The Kier molecular flexibility index (Phi) is 5.49. The molecule has 0 amide bonds. The fourth-order valence-electron chi connectivity index (χ4n) is 9.83. The van der Waals surface area contributed by atoms with Crippen molar-refractivity contribution in [3.63, 3.8) is 0 Å². The molecule has 0 radical (unpaired) electrons. The Hall–Kier alpha value is -1.75. The molecule has 1 N–H and O–H groups in total. The quantitative estimate of drug-likeness (QED) is 0.582. The van der Waals surface area contributed by atoms with Crippen molar-refractivity contribution in [1.29, 1.82) is 0 Å². The van der Waals surface area contributed by atoms with Crippen LogP contribution in [0.15, 0.2) is 24.7 Å². The van der Waals surface area contributed by atoms with Gasteiger partial charge in [0.05, 0.1) is 18.3 Å². The third-order valence-electron chi connectivity index (χ3n) is 11.7. The van der Waals surface area contributed by atoms with Gasteiger partial charge in [0.1, 0.15) is 5.52 Å². The summed E-state index contributed by atoms with van der Waals surface area (Å²) in [5.74, 6) is 4.03. The van der Waals surface area contributed by atoms with Gasteiger partial charge in [0.15, 0.2) is 5.78 Å². The van der Waals surface area contributed by atoms with Crippen molar-refractivity contribution in [2.75, 3.05) is 0 Å². The summed E-state index contributed by atoms with van der Waals surface area (Å²) in [6.07, 6.45) is 15.8. The van der Waals surface area contributed by atoms with Crippen LogP contribution in [0, 0.1) is 46.3 Å². The minimum atomic E-state index is -0.489. The topological polar surface area (TPSA) is 68.0 Å². The predicted molar refractivity (Wildman–Crippen MR) is 138 cm³/mol. The Morgan fingerprint density at radius 2 is 1.91 bits per heavy atom. The summed E-state index contributed by atoms with van der Waals surface area (Å²) in [5, 5.41) is 16.6. The van der Waals surface area contributed by atoms with Crippen molar-refractivity contribution in [2.24, 2.45) is 46.3 Å². The van der Waals surface area contributed by atoms with Gasteiger partial charge in [-0.1, -0.05) is 27.2 Å². The summed E-state index contributed by atoms with van der Waals surface area (Å²) >= 11 is 0. The summed E-state index contributed by atoms with van der Waals surface area (Å²) in [6.45, 7) is 9.84. The third kappa shape index (κ3) is 3.62. The Labute approximate surface area is 210 Å². The Balaban J connectivity index is 1.25. The lowest BCUT2D eigenvalue weighted by Crippen LogP contribution is -2.58. The molecule has 4 fully saturated rings. The van der Waals surface area contributed by atoms with E-state index in [4.69, 9.17) is 0 Å². The van der Waals surface area contributed by atoms with Crippen LogP contribution in [-0.4, -0.2) is 31.3 Å². The van der Waals surface area contributed by atoms with E-state index in [9.17, 15) is 9.90 Å². The van der Waals surface area contributed by atoms with E-state index in [0.717, 1.165) is 54.3 Å². The molecule has 4 aliphatic carbocycles. The molecule has 5 heteroatoms. The highest BCUT2D eigenvalue weighted by molar-refractivity contribution is 5.83. The number of hydrogen-bond donors (Lipinski definition) is 1. The SMILES string of the molecule is CC[C@@H]1C[C@H]2C[C@](C)(O)CC[C@]2(C)[C@H]2CC[C@]3(C)[C@@H](C(=O)Cn4cc5ccncc5n4)CC[C@H]3[C@H]12. The molecule has 0 saturated heterocycles. The van der Waals surface area contributed by atoms with Crippen molar-refractivity contribution in [3.8, 4) is 0 Å². The normalized spacial score (nSPS) is 45.1. The van der Waals surface area contributed by atoms with Gasteiger partial charge in [-0.05, 0) is 105 Å². The second kappa shape index (κ2) is 8.13. The van der Waals surface area contributed by atoms with Gasteiger partial charge in [-0.25, -0.2) is 0 Å². The minimum Gasteiger partial charge on any atom is -0.390 e. The standard InChI is InChI=1S/C30H43N3O2/c1-5-19-14-21-15-28(2,35)11-12-29(21,3)24-8-10-30(4)22(6-7-23(30)27(19)24)26(34)18-33-17-20-9-13-31-16-25(20)32-33/h9,13,16-17,19,21-24,27,35H,5-8,10-12,14-15,18H2,1-4H3/t19-,21+,22-,23+,24+,27+,28-,29+,30-/m1/s1. The first-order valence-corrected chi connectivity index (χ1v) is 14.2. The lowest BCUT2D eigenvalue weighted by atomic mass is 9.41. The summed E-state index contributed by atoms with van der Waals surface area (Å²) in [7, 11) is 0. The first-order valence-electron chi connectivity index (χ1n) is 14.2. The van der Waals surface area contributed by atoms with Crippen LogP contribution in [-0.2, 0) is 11.3 Å². The molecule has 35 heavy (non-hydrogen) atoms. The molecule has 2 heterocycles. The van der Waals surface area contributed by atoms with Crippen LogP contribution in [0.5, 0.6) is 0 Å². The van der Waals surface area contributed by atoms with Gasteiger partial charge in [0.2, 0.25) is 0 Å². The molecule has 0 aromatic carbocycles. The van der Waals surface area contributed by atoms with Gasteiger partial charge >= 0.3 is 0 Å². The number of carbonyl (C=O) groups is 1. The van der Waals surface area contributed by atoms with Crippen LogP contribution in [0.2, 0.25) is 0 Å². The number of pyridine rings is 1. The number of Topliss-reactive ketones (excluding diaryl/α,β-unsaturated/α-hetero) is 1. The van der Waals surface area contributed by atoms with E-state index in [-0.39, 0.29) is 11.3 Å². The van der Waals surface area contributed by atoms with E-state index in [2.05, 4.69) is 37.8 Å². The Morgan fingerprint density at radius 3 is 2.69 bits per heavy atom. The molecule has 6 rings (SSSR count). The van der Waals surface area contributed by atoms with Crippen molar-refractivity contribution in [2.45, 2.75) is 97.6 Å². The monoisotopic (exact) mass is 477 g/mol. The molecule has 4 aliphatic rings. The largest absolute Gasteiger partial charge is 0.390 e. The highest BCUT2D eigenvalue weighted by Crippen LogP contribution is 2.69. The summed E-state index contributed by atoms with van der Waals surface area (Å²) in [6, 6.07) is 1.96. The number of aliphatic hydroxyl groups is 1. The molecule has 2 aromatic heterocycles. The van der Waals surface area contributed by atoms with Crippen LogP contribution in [0.25, 0.3) is 10.9 Å². The number of ketones is 1. The second-order valence-corrected chi connectivity index (χ2v) is 13.5. The fourth-order valence-corrected chi connectivity index (χ4v) is 9.83. The number of hydrogen-bond acceptors (Lipinski definition) is 4. The van der Waals surface area contributed by atoms with E-state index in [0.29, 0.717) is 29.6 Å². The van der Waals surface area contributed by atoms with Crippen molar-refractivity contribution in [1.82, 2.24) is 14.8 Å². The van der Waals surface area contributed by atoms with Gasteiger partial charge in [-0.2, -0.15) is 5.10 Å². The number of nitrogens with zero attached hydrogens (tertiary/aromatic N) is 3. The maximum atomic E-state index is 13.7. The van der Waals surface area contributed by atoms with E-state index in [1.54, 1.807) is 12.4 Å². The summed E-state index contributed by atoms with van der Waals surface area (Å²) in [5.41, 5.74) is 0.837. The van der Waals surface area contributed by atoms with Crippen LogP contribution in [0.4, 0.5) is 0 Å². The summed E-state index contributed by atoms with van der Waals surface area (Å²) in [4.78, 5) is 17.9. The van der Waals surface area contributed by atoms with Crippen LogP contribution >= 0.6 is 0 Å². The number of carbonyl (C=O) groups excluding carboxylic acids is 1. The number of fused-ring (bicyclic) bond motifs is 6. The Morgan fingerprint density at radius 1 is 1.11 bits per heavy atom. The van der Waals surface area contributed by atoms with Gasteiger partial charge in [-0.3, -0.25) is 14.5 Å². The fraction of sp³-hybridized carbons (Fsp3) is 0.767. The lowest BCUT2D eigenvalue weighted by molar-refractivity contribution is -0.169. The van der Waals surface area contributed by atoms with Crippen LogP contribution in [0.1, 0.15) is 85.5 Å². The predicted octanol–water partition coefficient (Wildman–Crippen LogP) is 6.05. The molecule has 0 bridgehead atoms. The molecule has 2 aromatic rings. The number of aromatic nitrogens is 3. The average molecular weight is 478 g/mol. The third-order valence-corrected chi connectivity index (χ3v) is 11.7. The summed E-state index contributed by atoms with van der Waals surface area (Å²) < 4.78 is 1.84. The van der Waals surface area contributed by atoms with E-state index < -0.39 is 5.60 Å². The zero-order valence-electron chi connectivity index (χ0n) is 22.0. The smallest absolute Gasteiger partial charge is 0.157 e. The molecular weight excluding hydrogens is 434 g/mol. The van der Waals surface area contributed by atoms with E-state index >= 15 is 0 Å². The number of rotatable bonds is 4. The van der Waals surface area contributed by atoms with Crippen LogP contribution in [0.3, 0.4) is 0 Å². The highest BCUT2D eigenvalue weighted by Gasteiger charge is 2.63. The zero-order valence-corrected chi connectivity index (χ0v) is 22.0. The highest BCUT2D eigenvalue weighted by atomic mass is 16.3. The van der Waals surface area contributed by atoms with Crippen molar-refractivity contribution < 1.29 is 9.90 Å². The maximum absolute atomic E-state index is 13.7. The van der Waals surface area contributed by atoms with Crippen molar-refractivity contribution in [3.05, 3.63) is 24.7 Å². The van der Waals surface area contributed by atoms with E-state index in [1.165, 1.54) is 32.1 Å². The molecule has 4 saturated carbocycles. The molecule has 0 unspecified atom stereocenters. The molecule has 0 spiro atoms. The molecule has 190 valence electrons. The van der Waals surface area contributed by atoms with Crippen molar-refractivity contribution >= 4 is 16.7 Å². The van der Waals surface area contributed by atoms with E-state index in [1.807, 2.05) is 16.9 Å². The van der Waals surface area contributed by atoms with Gasteiger partial charge in [0.25, 0.3) is 0 Å². The molecular formula is C30H43N3O2. The molecule has 9 atom stereocenters. The first kappa shape index (κ1) is 23.6.